The Morgan fingerprint density at radius 1 is 1.42 bits per heavy atom. The molecule has 1 N–H and O–H groups in total. The van der Waals surface area contributed by atoms with Gasteiger partial charge in [0.2, 0.25) is 5.91 Å². The lowest BCUT2D eigenvalue weighted by atomic mass is 9.93. The number of unbranched alkanes of at least 4 members (excludes halogenated alkanes) is 1. The summed E-state index contributed by atoms with van der Waals surface area (Å²) in [6.07, 6.45) is 12.5. The second-order valence-corrected chi connectivity index (χ2v) is 5.54. The third-order valence-corrected chi connectivity index (χ3v) is 3.91. The Hall–Kier alpha value is -0.830. The molecule has 0 spiro atoms. The van der Waals surface area contributed by atoms with Gasteiger partial charge in [-0.05, 0) is 57.5 Å². The van der Waals surface area contributed by atoms with Crippen LogP contribution in [0.15, 0.2) is 12.2 Å². The Labute approximate surface area is 118 Å². The van der Waals surface area contributed by atoms with Gasteiger partial charge in [0, 0.05) is 20.0 Å². The lowest BCUT2D eigenvalue weighted by Gasteiger charge is -2.32. The number of likely N-dealkylation sites (tertiary alicyclic amines) is 1. The molecule has 1 fully saturated rings. The van der Waals surface area contributed by atoms with Crippen LogP contribution >= 0.6 is 0 Å². The Bertz CT molecular complexity index is 276. The lowest BCUT2D eigenvalue weighted by molar-refractivity contribution is -0.121. The van der Waals surface area contributed by atoms with Gasteiger partial charge in [-0.15, -0.1) is 0 Å². The fraction of sp³-hybridized carbons (Fsp3) is 0.812. The van der Waals surface area contributed by atoms with Crippen LogP contribution in [0.4, 0.5) is 0 Å². The molecule has 19 heavy (non-hydrogen) atoms. The van der Waals surface area contributed by atoms with Crippen molar-refractivity contribution in [2.75, 3.05) is 26.7 Å². The predicted molar refractivity (Wildman–Crippen MR) is 81.1 cm³/mol. The standard InChI is InChI=1S/C16H30N2O/c1-3-4-5-6-7-12-18-13-8-9-15(14-18)10-11-16(19)17-2/h4-5,15H,3,6-14H2,1-2H3,(H,17,19). The number of hydrogen-bond donors (Lipinski definition) is 1. The summed E-state index contributed by atoms with van der Waals surface area (Å²) in [7, 11) is 1.72. The van der Waals surface area contributed by atoms with Gasteiger partial charge >= 0.3 is 0 Å². The monoisotopic (exact) mass is 266 g/mol. The third-order valence-electron chi connectivity index (χ3n) is 3.91. The number of nitrogens with zero attached hydrogens (tertiary/aromatic N) is 1. The number of rotatable bonds is 8. The van der Waals surface area contributed by atoms with Crippen molar-refractivity contribution in [1.29, 1.82) is 0 Å². The number of piperidine rings is 1. The molecule has 0 radical (unpaired) electrons. The number of allylic oxidation sites excluding steroid dienone is 2. The molecule has 1 saturated heterocycles. The first-order valence-electron chi connectivity index (χ1n) is 7.84. The molecule has 1 atom stereocenters. The maximum atomic E-state index is 11.3. The Balaban J connectivity index is 2.15. The van der Waals surface area contributed by atoms with Crippen molar-refractivity contribution in [3.8, 4) is 0 Å². The highest BCUT2D eigenvalue weighted by atomic mass is 16.1. The quantitative estimate of drug-likeness (QED) is 0.541. The van der Waals surface area contributed by atoms with E-state index in [-0.39, 0.29) is 5.91 Å². The van der Waals surface area contributed by atoms with Gasteiger partial charge in [-0.3, -0.25) is 4.79 Å². The van der Waals surface area contributed by atoms with Crippen LogP contribution in [-0.4, -0.2) is 37.5 Å². The van der Waals surface area contributed by atoms with E-state index >= 15 is 0 Å². The van der Waals surface area contributed by atoms with Gasteiger partial charge in [0.15, 0.2) is 0 Å². The van der Waals surface area contributed by atoms with Crippen LogP contribution in [-0.2, 0) is 4.79 Å². The van der Waals surface area contributed by atoms with Crippen LogP contribution in [0, 0.1) is 5.92 Å². The van der Waals surface area contributed by atoms with Crippen LogP contribution in [0.2, 0.25) is 0 Å². The van der Waals surface area contributed by atoms with Crippen molar-refractivity contribution in [3.05, 3.63) is 12.2 Å². The third kappa shape index (κ3) is 7.36. The molecule has 110 valence electrons. The summed E-state index contributed by atoms with van der Waals surface area (Å²) in [5, 5.41) is 2.71. The van der Waals surface area contributed by atoms with E-state index < -0.39 is 0 Å². The SMILES string of the molecule is CCC=CCCCN1CCCC(CCC(=O)NC)C1. The second-order valence-electron chi connectivity index (χ2n) is 5.54. The van der Waals surface area contributed by atoms with Crippen LogP contribution in [0.3, 0.4) is 0 Å². The van der Waals surface area contributed by atoms with Crippen molar-refractivity contribution < 1.29 is 4.79 Å². The van der Waals surface area contributed by atoms with E-state index in [9.17, 15) is 4.79 Å². The van der Waals surface area contributed by atoms with Crippen molar-refractivity contribution in [2.45, 2.75) is 51.9 Å². The van der Waals surface area contributed by atoms with Gasteiger partial charge in [0.1, 0.15) is 0 Å². The van der Waals surface area contributed by atoms with Gasteiger partial charge in [-0.1, -0.05) is 19.1 Å². The number of nitrogens with one attached hydrogen (secondary N) is 1. The van der Waals surface area contributed by atoms with E-state index in [2.05, 4.69) is 29.3 Å². The van der Waals surface area contributed by atoms with Crippen molar-refractivity contribution >= 4 is 5.91 Å². The summed E-state index contributed by atoms with van der Waals surface area (Å²) in [6.45, 7) is 5.82. The predicted octanol–water partition coefficient (Wildman–Crippen LogP) is 2.97. The van der Waals surface area contributed by atoms with E-state index in [0.29, 0.717) is 6.42 Å². The van der Waals surface area contributed by atoms with Crippen molar-refractivity contribution in [1.82, 2.24) is 10.2 Å². The Morgan fingerprint density at radius 3 is 3.00 bits per heavy atom. The summed E-state index contributed by atoms with van der Waals surface area (Å²) in [5.74, 6) is 0.902. The number of carbonyl (C=O) groups is 1. The molecular weight excluding hydrogens is 236 g/mol. The molecule has 0 bridgehead atoms. The highest BCUT2D eigenvalue weighted by molar-refractivity contribution is 5.75. The number of carbonyl (C=O) groups excluding carboxylic acids is 1. The van der Waals surface area contributed by atoms with E-state index in [1.165, 1.54) is 45.3 Å². The molecule has 1 amide bonds. The molecular formula is C16H30N2O. The van der Waals surface area contributed by atoms with Gasteiger partial charge in [0.05, 0.1) is 0 Å². The minimum Gasteiger partial charge on any atom is -0.359 e. The molecule has 3 heteroatoms. The van der Waals surface area contributed by atoms with Crippen LogP contribution in [0.1, 0.15) is 51.9 Å². The molecule has 1 heterocycles. The molecule has 0 aromatic carbocycles. The van der Waals surface area contributed by atoms with Crippen molar-refractivity contribution in [2.24, 2.45) is 5.92 Å². The molecule has 1 unspecified atom stereocenters. The highest BCUT2D eigenvalue weighted by Gasteiger charge is 2.19. The fourth-order valence-electron chi connectivity index (χ4n) is 2.77. The van der Waals surface area contributed by atoms with Crippen LogP contribution < -0.4 is 5.32 Å². The normalized spacial score (nSPS) is 20.8. The summed E-state index contributed by atoms with van der Waals surface area (Å²) >= 11 is 0. The summed E-state index contributed by atoms with van der Waals surface area (Å²) < 4.78 is 0. The molecule has 3 nitrogen and oxygen atoms in total. The molecule has 0 aromatic rings. The first-order valence-corrected chi connectivity index (χ1v) is 7.84. The molecule has 0 saturated carbocycles. The molecule has 1 aliphatic rings. The summed E-state index contributed by atoms with van der Waals surface area (Å²) in [4.78, 5) is 13.9. The van der Waals surface area contributed by atoms with E-state index in [1.807, 2.05) is 0 Å². The van der Waals surface area contributed by atoms with E-state index in [4.69, 9.17) is 0 Å². The summed E-state index contributed by atoms with van der Waals surface area (Å²) in [5.41, 5.74) is 0. The van der Waals surface area contributed by atoms with Gasteiger partial charge < -0.3 is 10.2 Å². The second kappa shape index (κ2) is 10.0. The molecule has 0 aliphatic carbocycles. The molecule has 1 rings (SSSR count). The van der Waals surface area contributed by atoms with Crippen molar-refractivity contribution in [3.63, 3.8) is 0 Å². The first-order chi connectivity index (χ1) is 9.26. The number of hydrogen-bond acceptors (Lipinski definition) is 2. The Morgan fingerprint density at radius 2 is 2.26 bits per heavy atom. The van der Waals surface area contributed by atoms with Gasteiger partial charge in [0.25, 0.3) is 0 Å². The minimum atomic E-state index is 0.182. The molecule has 1 aliphatic heterocycles. The largest absolute Gasteiger partial charge is 0.359 e. The maximum Gasteiger partial charge on any atom is 0.219 e. The first kappa shape index (κ1) is 16.2. The maximum absolute atomic E-state index is 11.3. The average Bonchev–Trinajstić information content (AvgIpc) is 2.45. The zero-order valence-electron chi connectivity index (χ0n) is 12.7. The smallest absolute Gasteiger partial charge is 0.219 e. The molecule has 0 aromatic heterocycles. The topological polar surface area (TPSA) is 32.3 Å². The minimum absolute atomic E-state index is 0.182. The zero-order chi connectivity index (χ0) is 13.9. The van der Waals surface area contributed by atoms with E-state index in [1.54, 1.807) is 7.05 Å². The highest BCUT2D eigenvalue weighted by Crippen LogP contribution is 2.21. The number of amides is 1. The van der Waals surface area contributed by atoms with Crippen LogP contribution in [0.5, 0.6) is 0 Å². The van der Waals surface area contributed by atoms with Gasteiger partial charge in [-0.25, -0.2) is 0 Å². The van der Waals surface area contributed by atoms with E-state index in [0.717, 1.165) is 18.8 Å². The summed E-state index contributed by atoms with van der Waals surface area (Å²) in [6, 6.07) is 0. The van der Waals surface area contributed by atoms with Gasteiger partial charge in [-0.2, -0.15) is 0 Å². The lowest BCUT2D eigenvalue weighted by Crippen LogP contribution is -2.36. The van der Waals surface area contributed by atoms with Crippen LogP contribution in [0.25, 0.3) is 0 Å². The Kier molecular flexibility index (Phi) is 8.55. The average molecular weight is 266 g/mol. The fourth-order valence-corrected chi connectivity index (χ4v) is 2.77. The zero-order valence-corrected chi connectivity index (χ0v) is 12.7.